The molecule has 0 spiro atoms. The van der Waals surface area contributed by atoms with Gasteiger partial charge in [0.05, 0.1) is 6.61 Å². The summed E-state index contributed by atoms with van der Waals surface area (Å²) in [5.74, 6) is 0.903. The summed E-state index contributed by atoms with van der Waals surface area (Å²) in [7, 11) is 0. The van der Waals surface area contributed by atoms with Crippen molar-refractivity contribution in [2.24, 2.45) is 0 Å². The summed E-state index contributed by atoms with van der Waals surface area (Å²) < 4.78 is 5.88. The van der Waals surface area contributed by atoms with Gasteiger partial charge in [-0.3, -0.25) is 0 Å². The summed E-state index contributed by atoms with van der Waals surface area (Å²) in [4.78, 5) is 15.0. The molecule has 0 aliphatic carbocycles. The highest BCUT2D eigenvalue weighted by atomic mass is 16.5. The van der Waals surface area contributed by atoms with E-state index in [4.69, 9.17) is 4.74 Å². The molecule has 0 heterocycles. The van der Waals surface area contributed by atoms with Crippen LogP contribution < -0.4 is 10.1 Å². The molecule has 0 atom stereocenters. The van der Waals surface area contributed by atoms with Crippen molar-refractivity contribution in [2.45, 2.75) is 86.1 Å². The average Bonchev–Trinajstić information content (AvgIpc) is 2.76. The third kappa shape index (κ3) is 8.57. The molecule has 0 fully saturated rings. The van der Waals surface area contributed by atoms with E-state index in [1.165, 1.54) is 31.2 Å². The highest BCUT2D eigenvalue weighted by Gasteiger charge is 2.16. The first-order valence-electron chi connectivity index (χ1n) is 12.3. The maximum Gasteiger partial charge on any atom is 0.322 e. The first kappa shape index (κ1) is 25.8. The van der Waals surface area contributed by atoms with Gasteiger partial charge < -0.3 is 15.0 Å². The summed E-state index contributed by atoms with van der Waals surface area (Å²) >= 11 is 0. The van der Waals surface area contributed by atoms with Gasteiger partial charge >= 0.3 is 6.03 Å². The van der Waals surface area contributed by atoms with Crippen LogP contribution in [0, 0.1) is 20.8 Å². The monoisotopic (exact) mass is 438 g/mol. The Bertz CT molecular complexity index is 807. The van der Waals surface area contributed by atoms with Crippen molar-refractivity contribution in [1.29, 1.82) is 0 Å². The summed E-state index contributed by atoms with van der Waals surface area (Å²) in [5, 5.41) is 3.16. The van der Waals surface area contributed by atoms with E-state index < -0.39 is 0 Å². The number of urea groups is 1. The fraction of sp³-hybridized carbons (Fsp3) is 0.536. The molecule has 0 unspecified atom stereocenters. The predicted molar refractivity (Wildman–Crippen MR) is 136 cm³/mol. The van der Waals surface area contributed by atoms with E-state index >= 15 is 0 Å². The molecular formula is C28H42N2O2. The molecule has 4 heteroatoms. The number of hydrogen-bond acceptors (Lipinski definition) is 2. The van der Waals surface area contributed by atoms with Crippen molar-refractivity contribution < 1.29 is 9.53 Å². The van der Waals surface area contributed by atoms with Crippen molar-refractivity contribution in [2.75, 3.05) is 18.5 Å². The number of nitrogens with zero attached hydrogens (tertiary/aromatic N) is 1. The van der Waals surface area contributed by atoms with Crippen LogP contribution in [-0.2, 0) is 6.54 Å². The standard InChI is InChI=1S/C28H42N2O2/c1-6-8-10-11-12-18-32-26-15-13-25(14-16-26)21-30(17-9-7-2)28(31)29-27-23(4)19-22(3)20-24(27)5/h13-16,19-20H,6-12,17-18,21H2,1-5H3,(H,29,31). The molecular weight excluding hydrogens is 396 g/mol. The van der Waals surface area contributed by atoms with E-state index in [0.717, 1.165) is 60.5 Å². The molecule has 0 aliphatic rings. The van der Waals surface area contributed by atoms with Crippen molar-refractivity contribution in [3.05, 3.63) is 58.7 Å². The Hall–Kier alpha value is -2.49. The number of aryl methyl sites for hydroxylation is 3. The number of nitrogens with one attached hydrogen (secondary N) is 1. The van der Waals surface area contributed by atoms with E-state index in [-0.39, 0.29) is 6.03 Å². The fourth-order valence-corrected chi connectivity index (χ4v) is 3.97. The number of ether oxygens (including phenoxy) is 1. The minimum absolute atomic E-state index is 0.0408. The van der Waals surface area contributed by atoms with Gasteiger partial charge in [0, 0.05) is 18.8 Å². The largest absolute Gasteiger partial charge is 0.494 e. The second-order valence-corrected chi connectivity index (χ2v) is 8.89. The van der Waals surface area contributed by atoms with E-state index in [1.807, 2.05) is 17.0 Å². The van der Waals surface area contributed by atoms with Crippen molar-refractivity contribution in [1.82, 2.24) is 4.90 Å². The summed E-state index contributed by atoms with van der Waals surface area (Å²) in [6, 6.07) is 12.4. The Kier molecular flexibility index (Phi) is 11.1. The topological polar surface area (TPSA) is 41.6 Å². The number of benzene rings is 2. The van der Waals surface area contributed by atoms with E-state index in [0.29, 0.717) is 6.54 Å². The van der Waals surface area contributed by atoms with Crippen LogP contribution in [0.25, 0.3) is 0 Å². The third-order valence-corrected chi connectivity index (χ3v) is 5.79. The van der Waals surface area contributed by atoms with Crippen molar-refractivity contribution in [3.8, 4) is 5.75 Å². The lowest BCUT2D eigenvalue weighted by atomic mass is 10.1. The van der Waals surface area contributed by atoms with Crippen LogP contribution in [0.15, 0.2) is 36.4 Å². The predicted octanol–water partition coefficient (Wildman–Crippen LogP) is 7.80. The first-order valence-corrected chi connectivity index (χ1v) is 12.3. The number of carbonyl (C=O) groups excluding carboxylic acids is 1. The van der Waals surface area contributed by atoms with Gasteiger partial charge in [-0.15, -0.1) is 0 Å². The van der Waals surface area contributed by atoms with Gasteiger partial charge in [0.15, 0.2) is 0 Å². The zero-order chi connectivity index (χ0) is 23.3. The van der Waals surface area contributed by atoms with Crippen LogP contribution in [0.3, 0.4) is 0 Å². The molecule has 2 aromatic carbocycles. The minimum Gasteiger partial charge on any atom is -0.494 e. The zero-order valence-electron chi connectivity index (χ0n) is 20.8. The normalized spacial score (nSPS) is 10.8. The van der Waals surface area contributed by atoms with Gasteiger partial charge in [0.2, 0.25) is 0 Å². The third-order valence-electron chi connectivity index (χ3n) is 5.79. The summed E-state index contributed by atoms with van der Waals surface area (Å²) in [5.41, 5.74) is 5.45. The van der Waals surface area contributed by atoms with Crippen LogP contribution in [0.2, 0.25) is 0 Å². The number of hydrogen-bond donors (Lipinski definition) is 1. The molecule has 4 nitrogen and oxygen atoms in total. The molecule has 0 radical (unpaired) electrons. The average molecular weight is 439 g/mol. The lowest BCUT2D eigenvalue weighted by Gasteiger charge is -2.24. The van der Waals surface area contributed by atoms with Crippen LogP contribution >= 0.6 is 0 Å². The quantitative estimate of drug-likeness (QED) is 0.324. The fourth-order valence-electron chi connectivity index (χ4n) is 3.97. The lowest BCUT2D eigenvalue weighted by molar-refractivity contribution is 0.208. The molecule has 0 aromatic heterocycles. The van der Waals surface area contributed by atoms with Crippen LogP contribution in [0.1, 0.15) is 81.0 Å². The minimum atomic E-state index is -0.0408. The van der Waals surface area contributed by atoms with Crippen LogP contribution in [0.5, 0.6) is 5.75 Å². The van der Waals surface area contributed by atoms with E-state index in [1.54, 1.807) is 0 Å². The maximum absolute atomic E-state index is 13.1. The molecule has 176 valence electrons. The van der Waals surface area contributed by atoms with Gasteiger partial charge in [-0.05, 0) is 62.4 Å². The second kappa shape index (κ2) is 13.8. The van der Waals surface area contributed by atoms with Gasteiger partial charge in [-0.2, -0.15) is 0 Å². The molecule has 2 rings (SSSR count). The van der Waals surface area contributed by atoms with Crippen LogP contribution in [-0.4, -0.2) is 24.1 Å². The number of anilines is 1. The molecule has 1 N–H and O–H groups in total. The van der Waals surface area contributed by atoms with E-state index in [9.17, 15) is 4.79 Å². The van der Waals surface area contributed by atoms with E-state index in [2.05, 4.69) is 64.2 Å². The highest BCUT2D eigenvalue weighted by molar-refractivity contribution is 5.91. The van der Waals surface area contributed by atoms with Crippen LogP contribution in [0.4, 0.5) is 10.5 Å². The Labute approximate surface area is 195 Å². The number of unbranched alkanes of at least 4 members (excludes halogenated alkanes) is 5. The summed E-state index contributed by atoms with van der Waals surface area (Å²) in [6.07, 6.45) is 8.23. The second-order valence-electron chi connectivity index (χ2n) is 8.89. The Morgan fingerprint density at radius 3 is 2.12 bits per heavy atom. The Balaban J connectivity index is 1.96. The molecule has 32 heavy (non-hydrogen) atoms. The highest BCUT2D eigenvalue weighted by Crippen LogP contribution is 2.23. The number of rotatable bonds is 13. The van der Waals surface area contributed by atoms with Crippen molar-refractivity contribution in [3.63, 3.8) is 0 Å². The number of amides is 2. The van der Waals surface area contributed by atoms with Gasteiger partial charge in [-0.25, -0.2) is 4.79 Å². The molecule has 0 bridgehead atoms. The summed E-state index contributed by atoms with van der Waals surface area (Å²) in [6.45, 7) is 12.7. The molecule has 2 aromatic rings. The molecule has 0 saturated carbocycles. The smallest absolute Gasteiger partial charge is 0.322 e. The molecule has 0 saturated heterocycles. The Morgan fingerprint density at radius 1 is 0.875 bits per heavy atom. The first-order chi connectivity index (χ1) is 15.4. The molecule has 0 aliphatic heterocycles. The Morgan fingerprint density at radius 2 is 1.50 bits per heavy atom. The van der Waals surface area contributed by atoms with Gasteiger partial charge in [-0.1, -0.05) is 75.8 Å². The lowest BCUT2D eigenvalue weighted by Crippen LogP contribution is -2.35. The van der Waals surface area contributed by atoms with Gasteiger partial charge in [0.25, 0.3) is 0 Å². The maximum atomic E-state index is 13.1. The SMILES string of the molecule is CCCCCCCOc1ccc(CN(CCCC)C(=O)Nc2c(C)cc(C)cc2C)cc1. The van der Waals surface area contributed by atoms with Gasteiger partial charge in [0.1, 0.15) is 5.75 Å². The zero-order valence-corrected chi connectivity index (χ0v) is 20.8. The molecule has 2 amide bonds. The number of carbonyl (C=O) groups is 1. The van der Waals surface area contributed by atoms with Crippen molar-refractivity contribution >= 4 is 11.7 Å².